The maximum absolute atomic E-state index is 10.5. The lowest BCUT2D eigenvalue weighted by Crippen LogP contribution is -2.47. The highest BCUT2D eigenvalue weighted by Gasteiger charge is 2.34. The number of hydrogen-bond acceptors (Lipinski definition) is 5. The van der Waals surface area contributed by atoms with Gasteiger partial charge < -0.3 is 14.6 Å². The molecule has 0 amide bonds. The minimum absolute atomic E-state index is 0.0309. The molecule has 2 aromatic rings. The van der Waals surface area contributed by atoms with E-state index < -0.39 is 5.66 Å². The monoisotopic (exact) mass is 472 g/mol. The first-order valence-electron chi connectivity index (χ1n) is 10.7. The molecule has 30 heavy (non-hydrogen) atoms. The predicted octanol–water partition coefficient (Wildman–Crippen LogP) is 6.09. The Hall–Kier alpha value is -2.05. The van der Waals surface area contributed by atoms with Gasteiger partial charge in [-0.2, -0.15) is 0 Å². The van der Waals surface area contributed by atoms with Crippen LogP contribution in [0.2, 0.25) is 0 Å². The van der Waals surface area contributed by atoms with Crippen LogP contribution in [0.25, 0.3) is 0 Å². The second-order valence-electron chi connectivity index (χ2n) is 8.32. The van der Waals surface area contributed by atoms with E-state index in [1.165, 1.54) is 19.3 Å². The SMILES string of the molecule is CCCCCC[C@@]1(C)N=C(c2ccc3c(c2)OCO3)C[C@H](c2cc(Br)ccc2O)N1. The minimum Gasteiger partial charge on any atom is -0.508 e. The molecular weight excluding hydrogens is 444 g/mol. The summed E-state index contributed by atoms with van der Waals surface area (Å²) in [6, 6.07) is 11.6. The molecule has 2 N–H and O–H groups in total. The number of rotatable bonds is 7. The smallest absolute Gasteiger partial charge is 0.231 e. The van der Waals surface area contributed by atoms with Crippen LogP contribution in [-0.2, 0) is 0 Å². The Balaban J connectivity index is 1.66. The molecule has 4 rings (SSSR count). The van der Waals surface area contributed by atoms with E-state index in [0.29, 0.717) is 12.2 Å². The van der Waals surface area contributed by atoms with E-state index in [2.05, 4.69) is 35.1 Å². The molecule has 0 radical (unpaired) electrons. The molecule has 2 aliphatic rings. The molecule has 2 aliphatic heterocycles. The van der Waals surface area contributed by atoms with Crippen molar-refractivity contribution in [2.24, 2.45) is 4.99 Å². The molecule has 0 unspecified atom stereocenters. The Bertz CT molecular complexity index is 946. The Morgan fingerprint density at radius 2 is 1.97 bits per heavy atom. The summed E-state index contributed by atoms with van der Waals surface area (Å²) in [7, 11) is 0. The number of aromatic hydroxyl groups is 1. The van der Waals surface area contributed by atoms with E-state index in [1.54, 1.807) is 6.07 Å². The van der Waals surface area contributed by atoms with Crippen LogP contribution in [0.3, 0.4) is 0 Å². The van der Waals surface area contributed by atoms with E-state index in [4.69, 9.17) is 14.5 Å². The van der Waals surface area contributed by atoms with Gasteiger partial charge in [0.2, 0.25) is 6.79 Å². The van der Waals surface area contributed by atoms with Gasteiger partial charge in [0.25, 0.3) is 0 Å². The number of unbranched alkanes of at least 4 members (excludes halogenated alkanes) is 3. The van der Waals surface area contributed by atoms with Crippen LogP contribution in [0, 0.1) is 0 Å². The molecule has 0 saturated heterocycles. The third kappa shape index (κ3) is 4.65. The second kappa shape index (κ2) is 8.98. The topological polar surface area (TPSA) is 63.1 Å². The van der Waals surface area contributed by atoms with Crippen LogP contribution >= 0.6 is 15.9 Å². The molecule has 2 atom stereocenters. The molecule has 0 fully saturated rings. The van der Waals surface area contributed by atoms with E-state index >= 15 is 0 Å². The molecule has 6 heteroatoms. The quantitative estimate of drug-likeness (QED) is 0.478. The largest absolute Gasteiger partial charge is 0.508 e. The van der Waals surface area contributed by atoms with E-state index in [-0.39, 0.29) is 12.8 Å². The van der Waals surface area contributed by atoms with Gasteiger partial charge in [-0.1, -0.05) is 42.1 Å². The molecule has 0 aliphatic carbocycles. The lowest BCUT2D eigenvalue weighted by Gasteiger charge is -2.38. The van der Waals surface area contributed by atoms with Gasteiger partial charge in [0.1, 0.15) is 11.4 Å². The normalized spacial score (nSPS) is 22.8. The van der Waals surface area contributed by atoms with Crippen molar-refractivity contribution in [2.75, 3.05) is 6.79 Å². The molecule has 2 aromatic carbocycles. The number of nitrogens with zero attached hydrogens (tertiary/aromatic N) is 1. The number of halogens is 1. The summed E-state index contributed by atoms with van der Waals surface area (Å²) in [5.41, 5.74) is 2.56. The van der Waals surface area contributed by atoms with Gasteiger partial charge in [-0.3, -0.25) is 10.3 Å². The molecule has 0 bridgehead atoms. The summed E-state index contributed by atoms with van der Waals surface area (Å²) < 4.78 is 12.0. The van der Waals surface area contributed by atoms with Crippen molar-refractivity contribution in [3.63, 3.8) is 0 Å². The van der Waals surface area contributed by atoms with Crippen LogP contribution in [0.15, 0.2) is 45.9 Å². The maximum Gasteiger partial charge on any atom is 0.231 e. The number of hydrogen-bond donors (Lipinski definition) is 2. The minimum atomic E-state index is -0.392. The Kier molecular flexibility index (Phi) is 6.34. The molecular formula is C24H29BrN2O3. The number of aliphatic imine (C=N–C) groups is 1. The Morgan fingerprint density at radius 3 is 2.80 bits per heavy atom. The van der Waals surface area contributed by atoms with Gasteiger partial charge in [0, 0.05) is 28.2 Å². The number of phenols is 1. The number of ether oxygens (including phenoxy) is 2. The van der Waals surface area contributed by atoms with Gasteiger partial charge in [-0.05, 0) is 61.7 Å². The highest BCUT2D eigenvalue weighted by atomic mass is 79.9. The summed E-state index contributed by atoms with van der Waals surface area (Å²) in [4.78, 5) is 5.15. The van der Waals surface area contributed by atoms with Gasteiger partial charge in [0.05, 0.1) is 0 Å². The summed E-state index contributed by atoms with van der Waals surface area (Å²) in [5.74, 6) is 1.84. The molecule has 2 heterocycles. The molecule has 0 spiro atoms. The van der Waals surface area contributed by atoms with Gasteiger partial charge in [-0.15, -0.1) is 0 Å². The zero-order chi connectivity index (χ0) is 21.1. The van der Waals surface area contributed by atoms with Crippen LogP contribution in [0.5, 0.6) is 17.2 Å². The van der Waals surface area contributed by atoms with E-state index in [1.807, 2.05) is 30.3 Å². The lowest BCUT2D eigenvalue weighted by atomic mass is 9.90. The maximum atomic E-state index is 10.5. The average Bonchev–Trinajstić information content (AvgIpc) is 3.20. The first-order valence-corrected chi connectivity index (χ1v) is 11.5. The fourth-order valence-electron chi connectivity index (χ4n) is 4.27. The highest BCUT2D eigenvalue weighted by Crippen LogP contribution is 2.38. The van der Waals surface area contributed by atoms with Gasteiger partial charge in [-0.25, -0.2) is 0 Å². The average molecular weight is 473 g/mol. The molecule has 0 saturated carbocycles. The number of phenolic OH excluding ortho intramolecular Hbond substituents is 1. The summed E-state index contributed by atoms with van der Waals surface area (Å²) in [6.45, 7) is 4.64. The highest BCUT2D eigenvalue weighted by molar-refractivity contribution is 9.10. The van der Waals surface area contributed by atoms with Crippen LogP contribution in [0.1, 0.15) is 69.5 Å². The number of nitrogens with one attached hydrogen (secondary N) is 1. The fourth-order valence-corrected chi connectivity index (χ4v) is 4.65. The molecule has 160 valence electrons. The summed E-state index contributed by atoms with van der Waals surface area (Å²) in [5, 5.41) is 14.3. The summed E-state index contributed by atoms with van der Waals surface area (Å²) in [6.07, 6.45) is 6.41. The van der Waals surface area contributed by atoms with Crippen molar-refractivity contribution < 1.29 is 14.6 Å². The Labute approximate surface area is 186 Å². The Morgan fingerprint density at radius 1 is 1.13 bits per heavy atom. The van der Waals surface area contributed by atoms with Crippen molar-refractivity contribution in [1.29, 1.82) is 0 Å². The van der Waals surface area contributed by atoms with Crippen molar-refractivity contribution in [1.82, 2.24) is 5.32 Å². The number of fused-ring (bicyclic) bond motifs is 1. The first kappa shape index (κ1) is 21.2. The standard InChI is InChI=1S/C24H29BrN2O3/c1-3-4-5-6-11-24(2)26-19(16-7-10-22-23(12-16)30-15-29-22)14-20(27-24)18-13-17(25)8-9-21(18)28/h7-10,12-13,20,27-28H,3-6,11,14-15H2,1-2H3/t20-,24+/m1/s1. The first-order chi connectivity index (χ1) is 14.5. The van der Waals surface area contributed by atoms with Gasteiger partial charge in [0.15, 0.2) is 11.5 Å². The van der Waals surface area contributed by atoms with Gasteiger partial charge >= 0.3 is 0 Å². The van der Waals surface area contributed by atoms with Crippen molar-refractivity contribution in [3.05, 3.63) is 52.0 Å². The fraction of sp³-hybridized carbons (Fsp3) is 0.458. The van der Waals surface area contributed by atoms with Crippen molar-refractivity contribution in [2.45, 2.75) is 64.1 Å². The van der Waals surface area contributed by atoms with E-state index in [0.717, 1.165) is 45.7 Å². The van der Waals surface area contributed by atoms with Crippen molar-refractivity contribution in [3.8, 4) is 17.2 Å². The van der Waals surface area contributed by atoms with Crippen molar-refractivity contribution >= 4 is 21.6 Å². The number of benzene rings is 2. The third-order valence-corrected chi connectivity index (χ3v) is 6.35. The zero-order valence-electron chi connectivity index (χ0n) is 17.6. The predicted molar refractivity (Wildman–Crippen MR) is 123 cm³/mol. The third-order valence-electron chi connectivity index (χ3n) is 5.85. The summed E-state index contributed by atoms with van der Waals surface area (Å²) >= 11 is 3.54. The van der Waals surface area contributed by atoms with E-state index in [9.17, 15) is 5.11 Å². The lowest BCUT2D eigenvalue weighted by molar-refractivity contribution is 0.174. The second-order valence-corrected chi connectivity index (χ2v) is 9.23. The van der Waals surface area contributed by atoms with Crippen LogP contribution < -0.4 is 14.8 Å². The van der Waals surface area contributed by atoms with Crippen LogP contribution in [-0.4, -0.2) is 23.3 Å². The zero-order valence-corrected chi connectivity index (χ0v) is 19.2. The van der Waals surface area contributed by atoms with Crippen LogP contribution in [0.4, 0.5) is 0 Å². The molecule has 5 nitrogen and oxygen atoms in total. The molecule has 0 aromatic heterocycles.